The molecule has 21 heavy (non-hydrogen) atoms. The van der Waals surface area contributed by atoms with Crippen LogP contribution in [0.25, 0.3) is 0 Å². The average Bonchev–Trinajstić information content (AvgIpc) is 2.49. The molecule has 1 aromatic carbocycles. The molecule has 4 atom stereocenters. The first-order valence-corrected chi connectivity index (χ1v) is 7.87. The Labute approximate surface area is 126 Å². The number of aromatic hydroxyl groups is 1. The molecular weight excluding hydrogens is 264 g/mol. The fourth-order valence-corrected chi connectivity index (χ4v) is 4.62. The smallest absolute Gasteiger partial charge is 0.311 e. The summed E-state index contributed by atoms with van der Waals surface area (Å²) in [6.07, 6.45) is 3.94. The summed E-state index contributed by atoms with van der Waals surface area (Å²) in [7, 11) is 1.49. The topological polar surface area (TPSA) is 46.5 Å². The SMILES string of the molecule is COC(=O)[C@@]1(C)CC[C@H](C)[C@@H]2c3cc(O)ccc3CC[C@H]21. The maximum Gasteiger partial charge on any atom is 0.311 e. The number of esters is 1. The minimum atomic E-state index is -0.394. The Hall–Kier alpha value is -1.51. The van der Waals surface area contributed by atoms with Crippen LogP contribution >= 0.6 is 0 Å². The third-order valence-corrected chi connectivity index (χ3v) is 5.85. The lowest BCUT2D eigenvalue weighted by Gasteiger charge is -2.50. The third kappa shape index (κ3) is 2.14. The average molecular weight is 288 g/mol. The van der Waals surface area contributed by atoms with Gasteiger partial charge in [0.05, 0.1) is 12.5 Å². The maximum absolute atomic E-state index is 12.4. The number of carbonyl (C=O) groups excluding carboxylic acids is 1. The minimum Gasteiger partial charge on any atom is -0.508 e. The molecular formula is C18H24O3. The highest BCUT2D eigenvalue weighted by atomic mass is 16.5. The standard InChI is InChI=1S/C18H24O3/c1-11-8-9-18(2,17(20)21-3)15-7-5-12-4-6-13(19)10-14(12)16(11)15/h4,6,10-11,15-16,19H,5,7-9H2,1-3H3/t11-,15+,16+,18-/m0/s1. The number of fused-ring (bicyclic) bond motifs is 3. The van der Waals surface area contributed by atoms with Crippen LogP contribution < -0.4 is 0 Å². The molecule has 0 bridgehead atoms. The number of benzene rings is 1. The van der Waals surface area contributed by atoms with Crippen molar-refractivity contribution in [1.82, 2.24) is 0 Å². The van der Waals surface area contributed by atoms with Gasteiger partial charge in [0, 0.05) is 0 Å². The number of rotatable bonds is 1. The van der Waals surface area contributed by atoms with Crippen molar-refractivity contribution in [2.24, 2.45) is 17.3 Å². The van der Waals surface area contributed by atoms with Gasteiger partial charge < -0.3 is 9.84 Å². The predicted octanol–water partition coefficient (Wildman–Crippen LogP) is 3.65. The third-order valence-electron chi connectivity index (χ3n) is 5.85. The highest BCUT2D eigenvalue weighted by molar-refractivity contribution is 5.77. The molecule has 1 aromatic rings. The van der Waals surface area contributed by atoms with E-state index in [1.54, 1.807) is 6.07 Å². The quantitative estimate of drug-likeness (QED) is 0.802. The van der Waals surface area contributed by atoms with Crippen LogP contribution in [0.1, 0.15) is 50.2 Å². The zero-order valence-corrected chi connectivity index (χ0v) is 13.1. The fraction of sp³-hybridized carbons (Fsp3) is 0.611. The van der Waals surface area contributed by atoms with Crippen LogP contribution in [0.15, 0.2) is 18.2 Å². The molecule has 3 nitrogen and oxygen atoms in total. The highest BCUT2D eigenvalue weighted by Crippen LogP contribution is 2.56. The van der Waals surface area contributed by atoms with Crippen LogP contribution in [0, 0.1) is 17.3 Å². The van der Waals surface area contributed by atoms with Crippen LogP contribution in [0.2, 0.25) is 0 Å². The van der Waals surface area contributed by atoms with E-state index in [1.165, 1.54) is 18.2 Å². The van der Waals surface area contributed by atoms with Gasteiger partial charge in [0.25, 0.3) is 0 Å². The second kappa shape index (κ2) is 5.04. The van der Waals surface area contributed by atoms with E-state index < -0.39 is 5.41 Å². The number of phenolic OH excluding ortho intramolecular Hbond substituents is 1. The van der Waals surface area contributed by atoms with Crippen LogP contribution in [0.4, 0.5) is 0 Å². The second-order valence-electron chi connectivity index (χ2n) is 6.98. The Morgan fingerprint density at radius 1 is 1.38 bits per heavy atom. The van der Waals surface area contributed by atoms with Crippen molar-refractivity contribution in [3.63, 3.8) is 0 Å². The number of ether oxygens (including phenoxy) is 1. The van der Waals surface area contributed by atoms with E-state index in [1.807, 2.05) is 12.1 Å². The number of hydrogen-bond donors (Lipinski definition) is 1. The van der Waals surface area contributed by atoms with Gasteiger partial charge in [-0.2, -0.15) is 0 Å². The van der Waals surface area contributed by atoms with E-state index in [4.69, 9.17) is 4.74 Å². The van der Waals surface area contributed by atoms with Gasteiger partial charge in [-0.3, -0.25) is 4.79 Å². The Bertz CT molecular complexity index is 566. The summed E-state index contributed by atoms with van der Waals surface area (Å²) in [4.78, 5) is 12.4. The van der Waals surface area contributed by atoms with Gasteiger partial charge in [0.15, 0.2) is 0 Å². The molecule has 0 radical (unpaired) electrons. The van der Waals surface area contributed by atoms with Crippen molar-refractivity contribution in [2.45, 2.75) is 45.4 Å². The van der Waals surface area contributed by atoms with Gasteiger partial charge in [-0.05, 0) is 73.6 Å². The number of carbonyl (C=O) groups is 1. The maximum atomic E-state index is 12.4. The van der Waals surface area contributed by atoms with Crippen molar-refractivity contribution in [1.29, 1.82) is 0 Å². The Morgan fingerprint density at radius 3 is 2.86 bits per heavy atom. The molecule has 0 unspecified atom stereocenters. The lowest BCUT2D eigenvalue weighted by Crippen LogP contribution is -2.47. The Kier molecular flexibility index (Phi) is 3.46. The molecule has 114 valence electrons. The first-order valence-electron chi connectivity index (χ1n) is 7.87. The zero-order chi connectivity index (χ0) is 15.2. The van der Waals surface area contributed by atoms with E-state index >= 15 is 0 Å². The van der Waals surface area contributed by atoms with E-state index in [-0.39, 0.29) is 5.97 Å². The van der Waals surface area contributed by atoms with E-state index in [2.05, 4.69) is 13.8 Å². The van der Waals surface area contributed by atoms with Crippen molar-refractivity contribution in [3.8, 4) is 5.75 Å². The number of aryl methyl sites for hydroxylation is 1. The van der Waals surface area contributed by atoms with Crippen molar-refractivity contribution in [2.75, 3.05) is 7.11 Å². The molecule has 3 heteroatoms. The van der Waals surface area contributed by atoms with Gasteiger partial charge in [-0.15, -0.1) is 0 Å². The Morgan fingerprint density at radius 2 is 2.14 bits per heavy atom. The van der Waals surface area contributed by atoms with Gasteiger partial charge in [0.2, 0.25) is 0 Å². The summed E-state index contributed by atoms with van der Waals surface area (Å²) in [5.41, 5.74) is 2.18. The lowest BCUT2D eigenvalue weighted by molar-refractivity contribution is -0.160. The summed E-state index contributed by atoms with van der Waals surface area (Å²) in [6.45, 7) is 4.34. The second-order valence-corrected chi connectivity index (χ2v) is 6.98. The molecule has 0 amide bonds. The minimum absolute atomic E-state index is 0.0759. The van der Waals surface area contributed by atoms with Crippen LogP contribution in [-0.2, 0) is 16.0 Å². The molecule has 0 aliphatic heterocycles. The van der Waals surface area contributed by atoms with E-state index in [0.29, 0.717) is 23.5 Å². The number of hydrogen-bond acceptors (Lipinski definition) is 3. The van der Waals surface area contributed by atoms with Gasteiger partial charge in [-0.25, -0.2) is 0 Å². The molecule has 1 saturated carbocycles. The number of phenols is 1. The molecule has 0 spiro atoms. The summed E-state index contributed by atoms with van der Waals surface area (Å²) in [5.74, 6) is 1.44. The fourth-order valence-electron chi connectivity index (χ4n) is 4.62. The highest BCUT2D eigenvalue weighted by Gasteiger charge is 2.52. The molecule has 3 rings (SSSR count). The summed E-state index contributed by atoms with van der Waals surface area (Å²) < 4.78 is 5.10. The van der Waals surface area contributed by atoms with E-state index in [9.17, 15) is 9.90 Å². The molecule has 0 aromatic heterocycles. The predicted molar refractivity (Wildman–Crippen MR) is 81.2 cm³/mol. The Balaban J connectivity index is 2.06. The van der Waals surface area contributed by atoms with Crippen LogP contribution in [0.3, 0.4) is 0 Å². The lowest BCUT2D eigenvalue weighted by atomic mass is 9.54. The van der Waals surface area contributed by atoms with Gasteiger partial charge in [0.1, 0.15) is 5.75 Å². The molecule has 0 saturated heterocycles. The largest absolute Gasteiger partial charge is 0.508 e. The molecule has 0 heterocycles. The van der Waals surface area contributed by atoms with Crippen LogP contribution in [-0.4, -0.2) is 18.2 Å². The van der Waals surface area contributed by atoms with E-state index in [0.717, 1.165) is 25.7 Å². The van der Waals surface area contributed by atoms with Gasteiger partial charge in [-0.1, -0.05) is 13.0 Å². The summed E-state index contributed by atoms with van der Waals surface area (Å²) in [6, 6.07) is 5.72. The summed E-state index contributed by atoms with van der Waals surface area (Å²) >= 11 is 0. The molecule has 2 aliphatic rings. The van der Waals surface area contributed by atoms with Crippen LogP contribution in [0.5, 0.6) is 5.75 Å². The van der Waals surface area contributed by atoms with Gasteiger partial charge >= 0.3 is 5.97 Å². The molecule has 1 N–H and O–H groups in total. The first-order chi connectivity index (χ1) is 9.97. The molecule has 2 aliphatic carbocycles. The van der Waals surface area contributed by atoms with Crippen molar-refractivity contribution >= 4 is 5.97 Å². The normalized spacial score (nSPS) is 34.7. The zero-order valence-electron chi connectivity index (χ0n) is 13.1. The summed E-state index contributed by atoms with van der Waals surface area (Å²) in [5, 5.41) is 9.86. The van der Waals surface area contributed by atoms with Crippen molar-refractivity contribution < 1.29 is 14.6 Å². The number of methoxy groups -OCH3 is 1. The van der Waals surface area contributed by atoms with Crippen molar-refractivity contribution in [3.05, 3.63) is 29.3 Å². The molecule has 1 fully saturated rings. The first kappa shape index (κ1) is 14.4. The monoisotopic (exact) mass is 288 g/mol.